The van der Waals surface area contributed by atoms with Crippen molar-refractivity contribution in [3.63, 3.8) is 0 Å². The molecule has 1 saturated heterocycles. The SMILES string of the molecule is CN(C(=O)CN1CCCC1Cc1ccccc1Cl)C1CC1. The summed E-state index contributed by atoms with van der Waals surface area (Å²) in [5.41, 5.74) is 1.19. The van der Waals surface area contributed by atoms with Gasteiger partial charge in [0.05, 0.1) is 6.54 Å². The predicted octanol–water partition coefficient (Wildman–Crippen LogP) is 2.97. The van der Waals surface area contributed by atoms with Crippen LogP contribution in [0.3, 0.4) is 0 Å². The van der Waals surface area contributed by atoms with E-state index >= 15 is 0 Å². The van der Waals surface area contributed by atoms with Gasteiger partial charge in [-0.15, -0.1) is 0 Å². The van der Waals surface area contributed by atoms with Crippen LogP contribution in [0.1, 0.15) is 31.2 Å². The minimum atomic E-state index is 0.267. The molecule has 3 nitrogen and oxygen atoms in total. The third kappa shape index (κ3) is 3.58. The molecule has 0 radical (unpaired) electrons. The molecular formula is C17H23ClN2O. The number of nitrogens with zero attached hydrogens (tertiary/aromatic N) is 2. The Morgan fingerprint density at radius 2 is 2.10 bits per heavy atom. The molecule has 2 fully saturated rings. The van der Waals surface area contributed by atoms with Crippen molar-refractivity contribution in [2.75, 3.05) is 20.1 Å². The van der Waals surface area contributed by atoms with Gasteiger partial charge in [-0.05, 0) is 50.3 Å². The van der Waals surface area contributed by atoms with E-state index in [0.717, 1.165) is 24.4 Å². The maximum atomic E-state index is 12.3. The van der Waals surface area contributed by atoms with E-state index in [0.29, 0.717) is 18.6 Å². The Morgan fingerprint density at radius 3 is 2.81 bits per heavy atom. The summed E-state index contributed by atoms with van der Waals surface area (Å²) in [4.78, 5) is 16.6. The number of hydrogen-bond donors (Lipinski definition) is 0. The Kier molecular flexibility index (Phi) is 4.51. The molecule has 0 N–H and O–H groups in total. The van der Waals surface area contributed by atoms with Gasteiger partial charge in [-0.3, -0.25) is 9.69 Å². The minimum absolute atomic E-state index is 0.267. The van der Waals surface area contributed by atoms with Crippen LogP contribution in [0.2, 0.25) is 5.02 Å². The second-order valence-electron chi connectivity index (χ2n) is 6.30. The van der Waals surface area contributed by atoms with Crippen LogP contribution in [0, 0.1) is 0 Å². The fourth-order valence-corrected chi connectivity index (χ4v) is 3.42. The zero-order valence-corrected chi connectivity index (χ0v) is 13.4. The quantitative estimate of drug-likeness (QED) is 0.835. The van der Waals surface area contributed by atoms with E-state index in [-0.39, 0.29) is 5.91 Å². The van der Waals surface area contributed by atoms with Gasteiger partial charge >= 0.3 is 0 Å². The van der Waals surface area contributed by atoms with Crippen LogP contribution in [0.4, 0.5) is 0 Å². The van der Waals surface area contributed by atoms with Gasteiger partial charge in [-0.25, -0.2) is 0 Å². The normalized spacial score (nSPS) is 22.5. The van der Waals surface area contributed by atoms with E-state index in [9.17, 15) is 4.79 Å². The average molecular weight is 307 g/mol. The van der Waals surface area contributed by atoms with Crippen molar-refractivity contribution >= 4 is 17.5 Å². The molecule has 1 saturated carbocycles. The van der Waals surface area contributed by atoms with Gasteiger partial charge in [-0.1, -0.05) is 29.8 Å². The molecular weight excluding hydrogens is 284 g/mol. The van der Waals surface area contributed by atoms with E-state index in [2.05, 4.69) is 11.0 Å². The average Bonchev–Trinajstić information content (AvgIpc) is 3.24. The van der Waals surface area contributed by atoms with E-state index in [4.69, 9.17) is 11.6 Å². The molecule has 1 aromatic carbocycles. The van der Waals surface area contributed by atoms with Crippen molar-refractivity contribution in [1.29, 1.82) is 0 Å². The number of amides is 1. The Balaban J connectivity index is 1.60. The molecule has 1 aliphatic carbocycles. The van der Waals surface area contributed by atoms with E-state index in [1.165, 1.54) is 24.8 Å². The van der Waals surface area contributed by atoms with Crippen LogP contribution >= 0.6 is 11.6 Å². The van der Waals surface area contributed by atoms with E-state index < -0.39 is 0 Å². The zero-order valence-electron chi connectivity index (χ0n) is 12.6. The fourth-order valence-electron chi connectivity index (χ4n) is 3.20. The first kappa shape index (κ1) is 14.9. The van der Waals surface area contributed by atoms with Gasteiger partial charge in [0.15, 0.2) is 0 Å². The molecule has 3 rings (SSSR count). The molecule has 0 spiro atoms. The lowest BCUT2D eigenvalue weighted by molar-refractivity contribution is -0.131. The summed E-state index contributed by atoms with van der Waals surface area (Å²) in [7, 11) is 1.94. The fraction of sp³-hybridized carbons (Fsp3) is 0.588. The van der Waals surface area contributed by atoms with Gasteiger partial charge in [0.2, 0.25) is 5.91 Å². The molecule has 1 aliphatic heterocycles. The third-order valence-electron chi connectivity index (χ3n) is 4.74. The lowest BCUT2D eigenvalue weighted by Crippen LogP contribution is -2.42. The van der Waals surface area contributed by atoms with Gasteiger partial charge in [0.25, 0.3) is 0 Å². The highest BCUT2D eigenvalue weighted by molar-refractivity contribution is 6.31. The Labute approximate surface area is 131 Å². The lowest BCUT2D eigenvalue weighted by Gasteiger charge is -2.27. The molecule has 4 heteroatoms. The summed E-state index contributed by atoms with van der Waals surface area (Å²) in [6, 6.07) is 8.99. The molecule has 0 bridgehead atoms. The summed E-state index contributed by atoms with van der Waals surface area (Å²) in [5.74, 6) is 0.267. The second kappa shape index (κ2) is 6.37. The number of carbonyl (C=O) groups is 1. The lowest BCUT2D eigenvalue weighted by atomic mass is 10.0. The van der Waals surface area contributed by atoms with Crippen LogP contribution in [0.5, 0.6) is 0 Å². The van der Waals surface area contributed by atoms with Crippen molar-refractivity contribution in [3.05, 3.63) is 34.9 Å². The first-order chi connectivity index (χ1) is 10.1. The van der Waals surface area contributed by atoms with Crippen LogP contribution in [-0.4, -0.2) is 47.9 Å². The minimum Gasteiger partial charge on any atom is -0.342 e. The molecule has 2 aliphatic rings. The molecule has 21 heavy (non-hydrogen) atoms. The summed E-state index contributed by atoms with van der Waals surface area (Å²) >= 11 is 6.26. The van der Waals surface area contributed by atoms with Gasteiger partial charge in [-0.2, -0.15) is 0 Å². The summed E-state index contributed by atoms with van der Waals surface area (Å²) < 4.78 is 0. The largest absolute Gasteiger partial charge is 0.342 e. The molecule has 1 atom stereocenters. The van der Waals surface area contributed by atoms with Crippen LogP contribution in [-0.2, 0) is 11.2 Å². The number of carbonyl (C=O) groups excluding carboxylic acids is 1. The number of likely N-dealkylation sites (tertiary alicyclic amines) is 1. The van der Waals surface area contributed by atoms with Crippen molar-refractivity contribution in [1.82, 2.24) is 9.80 Å². The Morgan fingerprint density at radius 1 is 1.33 bits per heavy atom. The molecule has 1 heterocycles. The maximum Gasteiger partial charge on any atom is 0.236 e. The molecule has 1 unspecified atom stereocenters. The molecule has 114 valence electrons. The van der Waals surface area contributed by atoms with Crippen LogP contribution in [0.15, 0.2) is 24.3 Å². The highest BCUT2D eigenvalue weighted by Gasteiger charge is 2.32. The first-order valence-corrected chi connectivity index (χ1v) is 8.26. The smallest absolute Gasteiger partial charge is 0.236 e. The van der Waals surface area contributed by atoms with Crippen molar-refractivity contribution in [2.24, 2.45) is 0 Å². The third-order valence-corrected chi connectivity index (χ3v) is 5.11. The topological polar surface area (TPSA) is 23.6 Å². The number of rotatable bonds is 5. The molecule has 1 amide bonds. The standard InChI is InChI=1S/C17H23ClN2O/c1-19(14-8-9-14)17(21)12-20-10-4-6-15(20)11-13-5-2-3-7-16(13)18/h2-3,5,7,14-15H,4,6,8-12H2,1H3. The van der Waals surface area contributed by atoms with Crippen molar-refractivity contribution in [2.45, 2.75) is 44.2 Å². The van der Waals surface area contributed by atoms with Gasteiger partial charge in [0, 0.05) is 24.2 Å². The van der Waals surface area contributed by atoms with Crippen molar-refractivity contribution in [3.8, 4) is 0 Å². The summed E-state index contributed by atoms with van der Waals surface area (Å²) in [5, 5.41) is 0.839. The maximum absolute atomic E-state index is 12.3. The number of benzene rings is 1. The predicted molar refractivity (Wildman–Crippen MR) is 85.5 cm³/mol. The van der Waals surface area contributed by atoms with Crippen molar-refractivity contribution < 1.29 is 4.79 Å². The van der Waals surface area contributed by atoms with E-state index in [1.807, 2.05) is 30.1 Å². The highest BCUT2D eigenvalue weighted by atomic mass is 35.5. The number of hydrogen-bond acceptors (Lipinski definition) is 2. The Bertz CT molecular complexity index is 515. The monoisotopic (exact) mass is 306 g/mol. The first-order valence-electron chi connectivity index (χ1n) is 7.88. The van der Waals surface area contributed by atoms with E-state index in [1.54, 1.807) is 0 Å². The van der Waals surface area contributed by atoms with Gasteiger partial charge in [0.1, 0.15) is 0 Å². The second-order valence-corrected chi connectivity index (χ2v) is 6.71. The number of halogens is 1. The zero-order chi connectivity index (χ0) is 14.8. The summed E-state index contributed by atoms with van der Waals surface area (Å²) in [6.45, 7) is 1.58. The molecule has 1 aromatic rings. The van der Waals surface area contributed by atoms with Crippen LogP contribution < -0.4 is 0 Å². The van der Waals surface area contributed by atoms with Crippen LogP contribution in [0.25, 0.3) is 0 Å². The highest BCUT2D eigenvalue weighted by Crippen LogP contribution is 2.27. The Hall–Kier alpha value is -1.06. The molecule has 0 aromatic heterocycles. The number of likely N-dealkylation sites (N-methyl/N-ethyl adjacent to an activating group) is 1. The summed E-state index contributed by atoms with van der Waals surface area (Å²) in [6.07, 6.45) is 5.62. The van der Waals surface area contributed by atoms with Gasteiger partial charge < -0.3 is 4.90 Å².